The van der Waals surface area contributed by atoms with Gasteiger partial charge in [-0.2, -0.15) is 0 Å². The minimum atomic E-state index is -4.90. The number of hydrogen-bond acceptors (Lipinski definition) is 6. The third-order valence-electron chi connectivity index (χ3n) is 4.28. The number of benzene rings is 1. The number of halogens is 3. The first-order chi connectivity index (χ1) is 13.9. The zero-order chi connectivity index (χ0) is 22.6. The summed E-state index contributed by atoms with van der Waals surface area (Å²) in [6.07, 6.45) is -5.32. The molecule has 8 nitrogen and oxygen atoms in total. The Kier molecular flexibility index (Phi) is 6.75. The molecule has 1 atom stereocenters. The second kappa shape index (κ2) is 8.89. The van der Waals surface area contributed by atoms with E-state index in [1.54, 1.807) is 0 Å². The maximum absolute atomic E-state index is 12.9. The largest absolute Gasteiger partial charge is 0.573 e. The second-order valence-electron chi connectivity index (χ2n) is 6.32. The van der Waals surface area contributed by atoms with Gasteiger partial charge in [-0.05, 0) is 30.7 Å². The monoisotopic (exact) mass is 429 g/mol. The summed E-state index contributed by atoms with van der Waals surface area (Å²) in [5.41, 5.74) is -0.737. The highest BCUT2D eigenvalue weighted by atomic mass is 19.4. The number of aryl methyl sites for hydroxylation is 1. The molecule has 0 radical (unpaired) electrons. The van der Waals surface area contributed by atoms with Gasteiger partial charge in [0.25, 0.3) is 5.56 Å². The lowest BCUT2D eigenvalue weighted by Gasteiger charge is -2.20. The van der Waals surface area contributed by atoms with Gasteiger partial charge in [0.1, 0.15) is 18.0 Å². The normalized spacial score (nSPS) is 12.3. The van der Waals surface area contributed by atoms with Crippen LogP contribution in [0.5, 0.6) is 11.5 Å². The number of nitrogens with zero attached hydrogens (tertiary/aromatic N) is 1. The summed E-state index contributed by atoms with van der Waals surface area (Å²) in [4.78, 5) is 35.9. The van der Waals surface area contributed by atoms with Crippen LogP contribution in [0.2, 0.25) is 0 Å². The minimum absolute atomic E-state index is 0.175. The van der Waals surface area contributed by atoms with Gasteiger partial charge in [0.2, 0.25) is 0 Å². The van der Waals surface area contributed by atoms with Crippen LogP contribution in [-0.2, 0) is 20.9 Å². The maximum Gasteiger partial charge on any atom is 0.573 e. The lowest BCUT2D eigenvalue weighted by Crippen LogP contribution is -2.30. The number of carbonyl (C=O) groups is 2. The molecule has 0 fully saturated rings. The van der Waals surface area contributed by atoms with Crippen molar-refractivity contribution in [3.63, 3.8) is 0 Å². The molecule has 162 valence electrons. The molecule has 0 aliphatic heterocycles. The SMILES string of the molecule is COC(=O)C[C@@H](c1ccc(OC(F)(F)F)cc1)c1c(O)cc(C)n(CC(=O)O)c1=O. The van der Waals surface area contributed by atoms with Crippen molar-refractivity contribution in [3.8, 4) is 11.5 Å². The number of methoxy groups -OCH3 is 1. The summed E-state index contributed by atoms with van der Waals surface area (Å²) in [6, 6.07) is 5.57. The molecule has 11 heteroatoms. The number of carbonyl (C=O) groups excluding carboxylic acids is 1. The highest BCUT2D eigenvalue weighted by molar-refractivity contribution is 5.71. The van der Waals surface area contributed by atoms with Gasteiger partial charge in [-0.1, -0.05) is 12.1 Å². The predicted molar refractivity (Wildman–Crippen MR) is 96.3 cm³/mol. The number of carboxylic acids is 1. The molecule has 0 amide bonds. The molecule has 30 heavy (non-hydrogen) atoms. The average molecular weight is 429 g/mol. The van der Waals surface area contributed by atoms with E-state index in [-0.39, 0.29) is 16.8 Å². The topological polar surface area (TPSA) is 115 Å². The standard InChI is InChI=1S/C19H18F3NO7/c1-10-7-14(24)17(18(28)23(10)9-15(25)26)13(8-16(27)29-2)11-3-5-12(6-4-11)30-19(20,21)22/h3-7,13,24H,8-9H2,1-2H3,(H,25,26)/t13-/m0/s1. The Bertz CT molecular complexity index is 997. The Hall–Kier alpha value is -3.50. The van der Waals surface area contributed by atoms with Gasteiger partial charge >= 0.3 is 18.3 Å². The molecule has 2 aromatic rings. The second-order valence-corrected chi connectivity index (χ2v) is 6.32. The number of aromatic hydroxyl groups is 1. The van der Waals surface area contributed by atoms with Crippen molar-refractivity contribution in [3.05, 3.63) is 57.5 Å². The van der Waals surface area contributed by atoms with Gasteiger partial charge in [0, 0.05) is 11.6 Å². The van der Waals surface area contributed by atoms with E-state index in [9.17, 15) is 32.7 Å². The summed E-state index contributed by atoms with van der Waals surface area (Å²) in [5.74, 6) is -4.15. The van der Waals surface area contributed by atoms with Crippen LogP contribution in [0.1, 0.15) is 29.2 Å². The fourth-order valence-corrected chi connectivity index (χ4v) is 2.97. The molecule has 0 aliphatic carbocycles. The van der Waals surface area contributed by atoms with Gasteiger partial charge < -0.3 is 24.3 Å². The number of hydrogen-bond donors (Lipinski definition) is 2. The molecule has 1 heterocycles. The molecule has 2 N–H and O–H groups in total. The molecule has 0 saturated carbocycles. The van der Waals surface area contributed by atoms with Gasteiger partial charge in [-0.25, -0.2) is 0 Å². The molecule has 0 saturated heterocycles. The van der Waals surface area contributed by atoms with Gasteiger partial charge in [-0.3, -0.25) is 14.4 Å². The lowest BCUT2D eigenvalue weighted by atomic mass is 9.88. The zero-order valence-corrected chi connectivity index (χ0v) is 15.9. The van der Waals surface area contributed by atoms with Crippen molar-refractivity contribution in [2.45, 2.75) is 32.2 Å². The highest BCUT2D eigenvalue weighted by Gasteiger charge is 2.31. The fraction of sp³-hybridized carbons (Fsp3) is 0.316. The zero-order valence-electron chi connectivity index (χ0n) is 15.9. The van der Waals surface area contributed by atoms with E-state index in [1.165, 1.54) is 25.1 Å². The number of ether oxygens (including phenoxy) is 2. The van der Waals surface area contributed by atoms with Crippen LogP contribution in [0.25, 0.3) is 0 Å². The predicted octanol–water partition coefficient (Wildman–Crippen LogP) is 2.54. The van der Waals surface area contributed by atoms with Crippen LogP contribution in [0.15, 0.2) is 35.1 Å². The Balaban J connectivity index is 2.59. The van der Waals surface area contributed by atoms with E-state index < -0.39 is 54.2 Å². The quantitative estimate of drug-likeness (QED) is 0.650. The molecule has 1 aromatic carbocycles. The summed E-state index contributed by atoms with van der Waals surface area (Å²) in [5, 5.41) is 19.4. The first-order valence-corrected chi connectivity index (χ1v) is 8.50. The number of pyridine rings is 1. The highest BCUT2D eigenvalue weighted by Crippen LogP contribution is 2.34. The summed E-state index contributed by atoms with van der Waals surface area (Å²) in [7, 11) is 1.11. The number of carboxylic acid groups (broad SMARTS) is 1. The van der Waals surface area contributed by atoms with Crippen molar-refractivity contribution in [1.82, 2.24) is 4.57 Å². The molecule has 0 aliphatic rings. The maximum atomic E-state index is 12.9. The first kappa shape index (κ1) is 22.8. The van der Waals surface area contributed by atoms with E-state index in [4.69, 9.17) is 5.11 Å². The van der Waals surface area contributed by atoms with Crippen LogP contribution in [0, 0.1) is 6.92 Å². The van der Waals surface area contributed by atoms with Crippen molar-refractivity contribution in [2.75, 3.05) is 7.11 Å². The summed E-state index contributed by atoms with van der Waals surface area (Å²) < 4.78 is 46.4. The van der Waals surface area contributed by atoms with Gasteiger partial charge in [-0.15, -0.1) is 13.2 Å². The van der Waals surface area contributed by atoms with E-state index in [1.807, 2.05) is 0 Å². The Morgan fingerprint density at radius 3 is 2.30 bits per heavy atom. The van der Waals surface area contributed by atoms with E-state index in [0.717, 1.165) is 23.8 Å². The van der Waals surface area contributed by atoms with Gasteiger partial charge in [0.05, 0.1) is 19.1 Å². The van der Waals surface area contributed by atoms with E-state index in [0.29, 0.717) is 0 Å². The number of esters is 1. The van der Waals surface area contributed by atoms with E-state index in [2.05, 4.69) is 9.47 Å². The molecule has 1 aromatic heterocycles. The number of alkyl halides is 3. The average Bonchev–Trinajstić information content (AvgIpc) is 2.63. The van der Waals surface area contributed by atoms with Crippen LogP contribution in [0.3, 0.4) is 0 Å². The molecular formula is C19H18F3NO7. The number of aromatic nitrogens is 1. The van der Waals surface area contributed by atoms with Crippen LogP contribution in [0.4, 0.5) is 13.2 Å². The Morgan fingerprint density at radius 1 is 1.20 bits per heavy atom. The summed E-state index contributed by atoms with van der Waals surface area (Å²) >= 11 is 0. The molecule has 2 rings (SSSR count). The third-order valence-corrected chi connectivity index (χ3v) is 4.28. The minimum Gasteiger partial charge on any atom is -0.507 e. The third kappa shape index (κ3) is 5.52. The van der Waals surface area contributed by atoms with Crippen molar-refractivity contribution in [2.24, 2.45) is 0 Å². The summed E-state index contributed by atoms with van der Waals surface area (Å²) in [6.45, 7) is 0.744. The molecular weight excluding hydrogens is 411 g/mol. The van der Waals surface area contributed by atoms with Crippen molar-refractivity contribution < 1.29 is 42.4 Å². The lowest BCUT2D eigenvalue weighted by molar-refractivity contribution is -0.274. The first-order valence-electron chi connectivity index (χ1n) is 8.50. The van der Waals surface area contributed by atoms with E-state index >= 15 is 0 Å². The smallest absolute Gasteiger partial charge is 0.507 e. The molecule has 0 bridgehead atoms. The number of aliphatic carboxylic acids is 1. The fourth-order valence-electron chi connectivity index (χ4n) is 2.97. The van der Waals surface area contributed by atoms with Crippen LogP contribution in [-0.4, -0.2) is 40.2 Å². The molecule has 0 unspecified atom stereocenters. The van der Waals surface area contributed by atoms with Crippen molar-refractivity contribution >= 4 is 11.9 Å². The van der Waals surface area contributed by atoms with Crippen molar-refractivity contribution in [1.29, 1.82) is 0 Å². The Labute approximate surface area is 168 Å². The number of rotatable bonds is 7. The Morgan fingerprint density at radius 2 is 1.80 bits per heavy atom. The van der Waals surface area contributed by atoms with Gasteiger partial charge in [0.15, 0.2) is 0 Å². The van der Waals surface area contributed by atoms with Crippen LogP contribution >= 0.6 is 0 Å². The van der Waals surface area contributed by atoms with Crippen LogP contribution < -0.4 is 10.3 Å². The molecule has 0 spiro atoms.